The summed E-state index contributed by atoms with van der Waals surface area (Å²) in [6, 6.07) is 7.00. The quantitative estimate of drug-likeness (QED) is 0.105. The van der Waals surface area contributed by atoms with Crippen molar-refractivity contribution in [3.8, 4) is 0 Å². The Balaban J connectivity index is 2.89. The molecule has 37 heavy (non-hydrogen) atoms. The zero-order valence-electron chi connectivity index (χ0n) is 21.5. The number of rotatable bonds is 16. The number of aliphatic hydroxyl groups is 8. The Labute approximate surface area is 216 Å². The molecule has 0 aliphatic carbocycles. The zero-order valence-corrected chi connectivity index (χ0v) is 21.5. The minimum atomic E-state index is -1.86. The van der Waals surface area contributed by atoms with Gasteiger partial charge in [0, 0.05) is 32.8 Å². The molecule has 9 N–H and O–H groups in total. The lowest BCUT2D eigenvalue weighted by molar-refractivity contribution is -0.217. The lowest BCUT2D eigenvalue weighted by Crippen LogP contribution is -2.49. The van der Waals surface area contributed by atoms with E-state index in [0.29, 0.717) is 5.56 Å². The van der Waals surface area contributed by atoms with Crippen molar-refractivity contribution in [3.05, 3.63) is 35.4 Å². The van der Waals surface area contributed by atoms with Crippen LogP contribution in [0.5, 0.6) is 0 Å². The number of hydrogen-bond acceptors (Lipinski definition) is 12. The Hall–Kier alpha value is -1.91. The maximum atomic E-state index is 11.8. The number of carbonyl (C=O) groups excluding carboxylic acids is 1. The number of carbonyl (C=O) groups is 1. The van der Waals surface area contributed by atoms with Gasteiger partial charge >= 0.3 is 6.09 Å². The fourth-order valence-corrected chi connectivity index (χ4v) is 3.38. The molecule has 1 rings (SSSR count). The van der Waals surface area contributed by atoms with Gasteiger partial charge < -0.3 is 55.6 Å². The molecular formula is C24H42N2O11. The first kappa shape index (κ1) is 33.1. The molecule has 0 saturated carbocycles. The zero-order chi connectivity index (χ0) is 28.2. The normalized spacial score (nSPS) is 17.1. The van der Waals surface area contributed by atoms with Crippen LogP contribution >= 0.6 is 0 Å². The van der Waals surface area contributed by atoms with E-state index in [0.717, 1.165) is 5.56 Å². The highest BCUT2D eigenvalue weighted by Gasteiger charge is 2.30. The van der Waals surface area contributed by atoms with Crippen molar-refractivity contribution in [1.29, 1.82) is 0 Å². The van der Waals surface area contributed by atoms with Gasteiger partial charge in [-0.15, -0.1) is 0 Å². The van der Waals surface area contributed by atoms with Crippen LogP contribution in [0.15, 0.2) is 24.3 Å². The number of ether oxygens (including phenoxy) is 2. The van der Waals surface area contributed by atoms with Crippen LogP contribution in [0.4, 0.5) is 4.79 Å². The Morgan fingerprint density at radius 2 is 1.43 bits per heavy atom. The molecule has 13 nitrogen and oxygen atoms in total. The number of hydrogen-bond donors (Lipinski definition) is 9. The highest BCUT2D eigenvalue weighted by atomic mass is 16.7. The molecule has 1 aromatic carbocycles. The molecule has 0 bridgehead atoms. The lowest BCUT2D eigenvalue weighted by Gasteiger charge is -2.32. The van der Waals surface area contributed by atoms with Crippen LogP contribution in [0.3, 0.4) is 0 Å². The van der Waals surface area contributed by atoms with E-state index in [1.807, 2.05) is 0 Å². The number of aliphatic hydroxyl groups excluding tert-OH is 8. The summed E-state index contributed by atoms with van der Waals surface area (Å²) in [5.74, 6) is 0. The van der Waals surface area contributed by atoms with Gasteiger partial charge in [0.15, 0.2) is 6.29 Å². The molecule has 1 aromatic rings. The van der Waals surface area contributed by atoms with Gasteiger partial charge in [0.05, 0.1) is 18.3 Å². The smallest absolute Gasteiger partial charge is 0.407 e. The van der Waals surface area contributed by atoms with Crippen molar-refractivity contribution in [1.82, 2.24) is 10.2 Å². The number of benzene rings is 1. The maximum absolute atomic E-state index is 11.8. The fraction of sp³-hybridized carbons (Fsp3) is 0.708. The van der Waals surface area contributed by atoms with Crippen LogP contribution in [0.25, 0.3) is 0 Å². The molecule has 0 saturated heterocycles. The van der Waals surface area contributed by atoms with Gasteiger partial charge in [0.1, 0.15) is 24.6 Å². The summed E-state index contributed by atoms with van der Waals surface area (Å²) in [5.41, 5.74) is 0.873. The van der Waals surface area contributed by atoms with Crippen LogP contribution < -0.4 is 5.32 Å². The SMILES string of the molecule is CC(C)(C)OC(=O)NCc1ccc(CN(CC(O)C(O)C(O)CCO)CC(O)C(O)C(O)OCO)cc1. The Bertz CT molecular complexity index is 749. The number of alkyl carbamates (subject to hydrolysis) is 1. The molecule has 0 heterocycles. The first-order valence-corrected chi connectivity index (χ1v) is 12.0. The molecule has 0 spiro atoms. The molecule has 214 valence electrons. The number of amides is 1. The van der Waals surface area contributed by atoms with E-state index < -0.39 is 61.9 Å². The van der Waals surface area contributed by atoms with Crippen molar-refractivity contribution in [2.75, 3.05) is 26.5 Å². The highest BCUT2D eigenvalue weighted by molar-refractivity contribution is 5.67. The van der Waals surface area contributed by atoms with E-state index in [2.05, 4.69) is 10.1 Å². The molecule has 0 radical (unpaired) electrons. The van der Waals surface area contributed by atoms with Crippen LogP contribution in [-0.2, 0) is 22.6 Å². The first-order chi connectivity index (χ1) is 17.3. The van der Waals surface area contributed by atoms with E-state index in [1.54, 1.807) is 45.0 Å². The molecule has 13 heteroatoms. The second-order valence-electron chi connectivity index (χ2n) is 9.75. The third-order valence-corrected chi connectivity index (χ3v) is 5.30. The Morgan fingerprint density at radius 3 is 1.95 bits per heavy atom. The molecule has 6 unspecified atom stereocenters. The standard InChI is InChI=1S/C24H42N2O11/c1-24(2,3)37-23(35)25-10-15-4-6-16(7-5-15)11-26(12-18(30)20(32)17(29)8-9-27)13-19(31)21(33)22(34)36-14-28/h4-7,17-22,27-34H,8-14H2,1-3H3,(H,25,35). The third kappa shape index (κ3) is 12.9. The molecule has 0 aliphatic rings. The predicted molar refractivity (Wildman–Crippen MR) is 131 cm³/mol. The van der Waals surface area contributed by atoms with E-state index >= 15 is 0 Å². The maximum Gasteiger partial charge on any atom is 0.407 e. The van der Waals surface area contributed by atoms with E-state index in [4.69, 9.17) is 14.9 Å². The molecule has 0 fully saturated rings. The summed E-state index contributed by atoms with van der Waals surface area (Å²) in [4.78, 5) is 13.3. The largest absolute Gasteiger partial charge is 0.444 e. The molecule has 1 amide bonds. The lowest BCUT2D eigenvalue weighted by atomic mass is 10.0. The average Bonchev–Trinajstić information content (AvgIpc) is 2.81. The summed E-state index contributed by atoms with van der Waals surface area (Å²) >= 11 is 0. The van der Waals surface area contributed by atoms with Crippen molar-refractivity contribution in [2.24, 2.45) is 0 Å². The minimum Gasteiger partial charge on any atom is -0.444 e. The van der Waals surface area contributed by atoms with Gasteiger partial charge in [-0.3, -0.25) is 4.90 Å². The van der Waals surface area contributed by atoms with Crippen molar-refractivity contribution < 1.29 is 55.1 Å². The van der Waals surface area contributed by atoms with Crippen LogP contribution in [0, 0.1) is 0 Å². The summed E-state index contributed by atoms with van der Waals surface area (Å²) in [6.07, 6.45) is -10.3. The van der Waals surface area contributed by atoms with E-state index in [-0.39, 0.29) is 32.6 Å². The summed E-state index contributed by atoms with van der Waals surface area (Å²) in [6.45, 7) is 3.82. The molecular weight excluding hydrogens is 492 g/mol. The first-order valence-electron chi connectivity index (χ1n) is 12.0. The number of nitrogens with one attached hydrogen (secondary N) is 1. The summed E-state index contributed by atoms with van der Waals surface area (Å²) < 4.78 is 9.67. The minimum absolute atomic E-state index is 0.125. The number of nitrogens with zero attached hydrogens (tertiary/aromatic N) is 1. The molecule has 6 atom stereocenters. The average molecular weight is 535 g/mol. The van der Waals surface area contributed by atoms with Crippen LogP contribution in [0.1, 0.15) is 38.3 Å². The van der Waals surface area contributed by atoms with Crippen LogP contribution in [0.2, 0.25) is 0 Å². The molecule has 0 aromatic heterocycles. The van der Waals surface area contributed by atoms with Crippen LogP contribution in [-0.4, -0.2) is 121 Å². The second kappa shape index (κ2) is 16.1. The topological polar surface area (TPSA) is 213 Å². The van der Waals surface area contributed by atoms with E-state index in [1.165, 1.54) is 4.90 Å². The summed E-state index contributed by atoms with van der Waals surface area (Å²) in [5, 5.41) is 80.9. The van der Waals surface area contributed by atoms with Crippen molar-refractivity contribution in [3.63, 3.8) is 0 Å². The van der Waals surface area contributed by atoms with Gasteiger partial charge in [0.2, 0.25) is 0 Å². The molecule has 0 aliphatic heterocycles. The van der Waals surface area contributed by atoms with Gasteiger partial charge in [-0.1, -0.05) is 24.3 Å². The Kier molecular flexibility index (Phi) is 14.4. The van der Waals surface area contributed by atoms with Crippen molar-refractivity contribution >= 4 is 6.09 Å². The van der Waals surface area contributed by atoms with Gasteiger partial charge in [0.25, 0.3) is 0 Å². The third-order valence-electron chi connectivity index (χ3n) is 5.30. The van der Waals surface area contributed by atoms with E-state index in [9.17, 15) is 35.4 Å². The van der Waals surface area contributed by atoms with Gasteiger partial charge in [-0.25, -0.2) is 4.79 Å². The monoisotopic (exact) mass is 534 g/mol. The second-order valence-corrected chi connectivity index (χ2v) is 9.75. The fourth-order valence-electron chi connectivity index (χ4n) is 3.38. The Morgan fingerprint density at radius 1 is 0.892 bits per heavy atom. The van der Waals surface area contributed by atoms with Crippen molar-refractivity contribution in [2.45, 2.75) is 82.7 Å². The van der Waals surface area contributed by atoms with Gasteiger partial charge in [-0.2, -0.15) is 0 Å². The predicted octanol–water partition coefficient (Wildman–Crippen LogP) is -2.01. The summed E-state index contributed by atoms with van der Waals surface area (Å²) in [7, 11) is 0. The van der Waals surface area contributed by atoms with Gasteiger partial charge in [-0.05, 0) is 38.3 Å². The highest BCUT2D eigenvalue weighted by Crippen LogP contribution is 2.14.